The zero-order valence-corrected chi connectivity index (χ0v) is 25.1. The molecule has 13 nitrogen and oxygen atoms in total. The molecule has 0 aliphatic heterocycles. The highest BCUT2D eigenvalue weighted by Crippen LogP contribution is 2.18. The molecule has 0 unspecified atom stereocenters. The highest BCUT2D eigenvalue weighted by Gasteiger charge is 2.39. The van der Waals surface area contributed by atoms with Gasteiger partial charge in [0.25, 0.3) is 0 Å². The lowest BCUT2D eigenvalue weighted by Gasteiger charge is -2.33. The Morgan fingerprint density at radius 2 is 0.897 bits per heavy atom. The van der Waals surface area contributed by atoms with Crippen LogP contribution in [0.4, 0.5) is 9.59 Å². The fourth-order valence-electron chi connectivity index (χ4n) is 3.09. The highest BCUT2D eigenvalue weighted by molar-refractivity contribution is 5.84. The van der Waals surface area contributed by atoms with Gasteiger partial charge >= 0.3 is 30.1 Å². The maximum absolute atomic E-state index is 12.6. The van der Waals surface area contributed by atoms with E-state index in [4.69, 9.17) is 14.2 Å². The zero-order valence-electron chi connectivity index (χ0n) is 25.1. The van der Waals surface area contributed by atoms with E-state index in [1.807, 2.05) is 0 Å². The summed E-state index contributed by atoms with van der Waals surface area (Å²) in [5.41, 5.74) is -6.02. The topological polar surface area (TPSA) is 181 Å². The monoisotopic (exact) mass is 561 g/mol. The minimum absolute atomic E-state index is 0.0417. The van der Waals surface area contributed by atoms with E-state index in [0.29, 0.717) is 0 Å². The third-order valence-corrected chi connectivity index (χ3v) is 5.13. The molecule has 0 aromatic carbocycles. The summed E-state index contributed by atoms with van der Waals surface area (Å²) in [6, 6.07) is 0. The Labute approximate surface area is 230 Å². The maximum atomic E-state index is 12.6. The van der Waals surface area contributed by atoms with E-state index in [1.165, 1.54) is 18.7 Å². The van der Waals surface area contributed by atoms with Crippen LogP contribution in [0.15, 0.2) is 0 Å². The van der Waals surface area contributed by atoms with E-state index in [2.05, 4.69) is 10.6 Å². The number of amides is 2. The zero-order chi connectivity index (χ0) is 31.0. The van der Waals surface area contributed by atoms with E-state index in [1.54, 1.807) is 62.3 Å². The number of esters is 1. The van der Waals surface area contributed by atoms with Crippen LogP contribution < -0.4 is 10.6 Å². The molecule has 0 heterocycles. The molecule has 0 aromatic rings. The Hall–Kier alpha value is -3.09. The van der Waals surface area contributed by atoms with Gasteiger partial charge in [-0.2, -0.15) is 0 Å². The van der Waals surface area contributed by atoms with Crippen LogP contribution in [0.3, 0.4) is 0 Å². The van der Waals surface area contributed by atoms with Crippen LogP contribution in [0.25, 0.3) is 0 Å². The molecule has 0 spiro atoms. The third-order valence-electron chi connectivity index (χ3n) is 5.13. The van der Waals surface area contributed by atoms with E-state index < -0.39 is 58.0 Å². The summed E-state index contributed by atoms with van der Waals surface area (Å²) < 4.78 is 15.7. The molecule has 2 amide bonds. The summed E-state index contributed by atoms with van der Waals surface area (Å²) in [5, 5.41) is 24.4. The number of hydrogen-bond acceptors (Lipinski definition) is 9. The summed E-state index contributed by atoms with van der Waals surface area (Å²) in [4.78, 5) is 62.8. The average Bonchev–Trinajstić information content (AvgIpc) is 2.65. The standard InChI is InChI=1S/C26H47N3O10/c1-22(2,3)37-17(30)16-29(14-12-25(10,18(31)32)27-20(35)38-23(4,5)6)15-13-26(11,19(33)34)28-21(36)39-24(7,8)9/h12-16H2,1-11H3,(H,27,35)(H,28,36)(H,31,32)(H,33,34)/t25-,26+. The molecule has 0 aliphatic carbocycles. The second-order valence-corrected chi connectivity index (χ2v) is 12.9. The number of carboxylic acid groups (broad SMARTS) is 2. The lowest BCUT2D eigenvalue weighted by atomic mass is 9.96. The van der Waals surface area contributed by atoms with Gasteiger partial charge in [-0.1, -0.05) is 0 Å². The molecular weight excluding hydrogens is 514 g/mol. The van der Waals surface area contributed by atoms with Crippen LogP contribution in [0, 0.1) is 0 Å². The third kappa shape index (κ3) is 15.2. The number of hydrogen-bond donors (Lipinski definition) is 4. The average molecular weight is 562 g/mol. The van der Waals surface area contributed by atoms with E-state index in [-0.39, 0.29) is 32.5 Å². The molecule has 0 bridgehead atoms. The second kappa shape index (κ2) is 13.3. The molecule has 0 radical (unpaired) electrons. The second-order valence-electron chi connectivity index (χ2n) is 12.9. The van der Waals surface area contributed by atoms with E-state index in [9.17, 15) is 34.2 Å². The molecule has 0 saturated heterocycles. The highest BCUT2D eigenvalue weighted by atomic mass is 16.6. The summed E-state index contributed by atoms with van der Waals surface area (Å²) in [6.45, 7) is 17.1. The number of carbonyl (C=O) groups excluding carboxylic acids is 3. The molecule has 0 aliphatic rings. The fraction of sp³-hybridized carbons (Fsp3) is 0.808. The quantitative estimate of drug-likeness (QED) is 0.203. The first-order valence-electron chi connectivity index (χ1n) is 12.7. The number of alkyl carbamates (subject to hydrolysis) is 2. The van der Waals surface area contributed by atoms with Gasteiger partial charge in [0.15, 0.2) is 0 Å². The van der Waals surface area contributed by atoms with Crippen molar-refractivity contribution < 1.29 is 48.4 Å². The SMILES string of the molecule is CC(C)(C)OC(=O)CN(CC[C@@](C)(NC(=O)OC(C)(C)C)C(=O)O)CC[C@](C)(NC(=O)OC(C)(C)C)C(=O)O. The summed E-state index contributed by atoms with van der Waals surface area (Å²) in [6.07, 6.45) is -2.17. The van der Waals surface area contributed by atoms with Crippen molar-refractivity contribution in [3.8, 4) is 0 Å². The van der Waals surface area contributed by atoms with Crippen molar-refractivity contribution >= 4 is 30.1 Å². The normalized spacial score (nSPS) is 15.4. The Morgan fingerprint density at radius 3 is 1.15 bits per heavy atom. The largest absolute Gasteiger partial charge is 0.480 e. The van der Waals surface area contributed by atoms with Crippen LogP contribution in [0.5, 0.6) is 0 Å². The van der Waals surface area contributed by atoms with Crippen LogP contribution in [-0.2, 0) is 28.6 Å². The molecule has 2 atom stereocenters. The van der Waals surface area contributed by atoms with Crippen molar-refractivity contribution in [2.24, 2.45) is 0 Å². The molecule has 0 saturated carbocycles. The van der Waals surface area contributed by atoms with E-state index >= 15 is 0 Å². The predicted octanol–water partition coefficient (Wildman–Crippen LogP) is 3.15. The minimum Gasteiger partial charge on any atom is -0.480 e. The van der Waals surface area contributed by atoms with Crippen molar-refractivity contribution in [3.05, 3.63) is 0 Å². The first kappa shape index (κ1) is 35.9. The molecule has 0 rings (SSSR count). The number of nitrogens with one attached hydrogen (secondary N) is 2. The molecule has 226 valence electrons. The van der Waals surface area contributed by atoms with Crippen LogP contribution in [0.2, 0.25) is 0 Å². The number of rotatable bonds is 12. The number of carbonyl (C=O) groups is 5. The lowest BCUT2D eigenvalue weighted by Crippen LogP contribution is -2.56. The van der Waals surface area contributed by atoms with Gasteiger partial charge in [0.05, 0.1) is 6.54 Å². The molecule has 13 heteroatoms. The summed E-state index contributed by atoms with van der Waals surface area (Å²) in [7, 11) is 0. The Bertz CT molecular complexity index is 843. The molecular formula is C26H47N3O10. The van der Waals surface area contributed by atoms with Crippen molar-refractivity contribution in [2.45, 2.75) is 117 Å². The van der Waals surface area contributed by atoms with Gasteiger partial charge in [-0.15, -0.1) is 0 Å². The van der Waals surface area contributed by atoms with Gasteiger partial charge in [-0.25, -0.2) is 19.2 Å². The molecule has 0 fully saturated rings. The van der Waals surface area contributed by atoms with Crippen molar-refractivity contribution in [1.82, 2.24) is 15.5 Å². The smallest absolute Gasteiger partial charge is 0.408 e. The van der Waals surface area contributed by atoms with Gasteiger partial charge in [0.2, 0.25) is 0 Å². The first-order chi connectivity index (χ1) is 17.3. The van der Waals surface area contributed by atoms with Gasteiger partial charge in [-0.05, 0) is 89.0 Å². The van der Waals surface area contributed by atoms with Crippen LogP contribution >= 0.6 is 0 Å². The van der Waals surface area contributed by atoms with Gasteiger partial charge in [0, 0.05) is 13.1 Å². The Morgan fingerprint density at radius 1 is 0.590 bits per heavy atom. The van der Waals surface area contributed by atoms with Gasteiger partial charge in [0.1, 0.15) is 27.9 Å². The molecule has 4 N–H and O–H groups in total. The fourth-order valence-corrected chi connectivity index (χ4v) is 3.09. The number of ether oxygens (including phenoxy) is 3. The van der Waals surface area contributed by atoms with Crippen LogP contribution in [-0.4, -0.2) is 92.7 Å². The number of carboxylic acids is 2. The Kier molecular flexibility index (Phi) is 12.3. The van der Waals surface area contributed by atoms with Crippen LogP contribution in [0.1, 0.15) is 89.0 Å². The minimum atomic E-state index is -1.76. The van der Waals surface area contributed by atoms with Crippen molar-refractivity contribution in [3.63, 3.8) is 0 Å². The molecule has 0 aromatic heterocycles. The predicted molar refractivity (Wildman–Crippen MR) is 142 cm³/mol. The maximum Gasteiger partial charge on any atom is 0.408 e. The van der Waals surface area contributed by atoms with Crippen molar-refractivity contribution in [1.29, 1.82) is 0 Å². The Balaban J connectivity index is 5.81. The summed E-state index contributed by atoms with van der Waals surface area (Å²) in [5.74, 6) is -3.27. The first-order valence-corrected chi connectivity index (χ1v) is 12.7. The number of aliphatic carboxylic acids is 2. The van der Waals surface area contributed by atoms with Crippen molar-refractivity contribution in [2.75, 3.05) is 19.6 Å². The number of nitrogens with zero attached hydrogens (tertiary/aromatic N) is 1. The van der Waals surface area contributed by atoms with E-state index in [0.717, 1.165) is 0 Å². The van der Waals surface area contributed by atoms with Gasteiger partial charge in [-0.3, -0.25) is 9.69 Å². The molecule has 39 heavy (non-hydrogen) atoms. The summed E-state index contributed by atoms with van der Waals surface area (Å²) >= 11 is 0. The lowest BCUT2D eigenvalue weighted by molar-refractivity contribution is -0.156. The van der Waals surface area contributed by atoms with Gasteiger partial charge < -0.3 is 35.1 Å².